The summed E-state index contributed by atoms with van der Waals surface area (Å²) in [4.78, 5) is 0. The number of hydrogen-bond acceptors (Lipinski definition) is 3. The normalized spacial score (nSPS) is 10.7. The number of nitrogens with one attached hydrogen (secondary N) is 1. The van der Waals surface area contributed by atoms with Crippen LogP contribution in [0.25, 0.3) is 0 Å². The van der Waals surface area contributed by atoms with Crippen molar-refractivity contribution in [2.24, 2.45) is 0 Å². The largest absolute Gasteiger partial charge is 0.496 e. The molecule has 19 heavy (non-hydrogen) atoms. The molecule has 0 saturated carbocycles. The molecule has 0 saturated heterocycles. The SMILES string of the molecule is COc1cccc(Cl)c1CNCCCCCCSC. The van der Waals surface area contributed by atoms with Crippen LogP contribution in [0.1, 0.15) is 31.2 Å². The van der Waals surface area contributed by atoms with Gasteiger partial charge in [0.25, 0.3) is 0 Å². The molecule has 0 aliphatic rings. The van der Waals surface area contributed by atoms with E-state index in [-0.39, 0.29) is 0 Å². The van der Waals surface area contributed by atoms with E-state index in [0.717, 1.165) is 29.4 Å². The zero-order valence-corrected chi connectivity index (χ0v) is 13.4. The molecule has 108 valence electrons. The van der Waals surface area contributed by atoms with Crippen molar-refractivity contribution in [1.82, 2.24) is 5.32 Å². The van der Waals surface area contributed by atoms with Gasteiger partial charge in [-0.05, 0) is 43.5 Å². The average molecular weight is 302 g/mol. The summed E-state index contributed by atoms with van der Waals surface area (Å²) < 4.78 is 5.32. The molecule has 0 heterocycles. The molecule has 0 bridgehead atoms. The van der Waals surface area contributed by atoms with E-state index >= 15 is 0 Å². The van der Waals surface area contributed by atoms with Crippen LogP contribution >= 0.6 is 23.4 Å². The van der Waals surface area contributed by atoms with E-state index in [1.807, 2.05) is 30.0 Å². The Balaban J connectivity index is 2.19. The van der Waals surface area contributed by atoms with Gasteiger partial charge < -0.3 is 10.1 Å². The Morgan fingerprint density at radius 2 is 2.00 bits per heavy atom. The van der Waals surface area contributed by atoms with Crippen molar-refractivity contribution < 1.29 is 4.74 Å². The summed E-state index contributed by atoms with van der Waals surface area (Å²) in [6.45, 7) is 1.81. The van der Waals surface area contributed by atoms with Crippen LogP contribution in [0.4, 0.5) is 0 Å². The lowest BCUT2D eigenvalue weighted by Gasteiger charge is -2.11. The minimum absolute atomic E-state index is 0.770. The van der Waals surface area contributed by atoms with Crippen LogP contribution in [0, 0.1) is 0 Å². The molecule has 0 aliphatic carbocycles. The fourth-order valence-corrected chi connectivity index (χ4v) is 2.69. The second kappa shape index (κ2) is 10.4. The van der Waals surface area contributed by atoms with Crippen molar-refractivity contribution in [3.8, 4) is 5.75 Å². The lowest BCUT2D eigenvalue weighted by atomic mass is 10.2. The third-order valence-corrected chi connectivity index (χ3v) is 4.10. The molecule has 0 fully saturated rings. The van der Waals surface area contributed by atoms with Gasteiger partial charge in [0, 0.05) is 17.1 Å². The fraction of sp³-hybridized carbons (Fsp3) is 0.600. The Hall–Kier alpha value is -0.380. The van der Waals surface area contributed by atoms with Gasteiger partial charge in [-0.1, -0.05) is 30.5 Å². The lowest BCUT2D eigenvalue weighted by molar-refractivity contribution is 0.407. The molecule has 0 aromatic heterocycles. The first-order chi connectivity index (χ1) is 9.29. The first kappa shape index (κ1) is 16.7. The molecule has 1 aromatic carbocycles. The van der Waals surface area contributed by atoms with Crippen LogP contribution in [-0.2, 0) is 6.54 Å². The number of hydrogen-bond donors (Lipinski definition) is 1. The van der Waals surface area contributed by atoms with E-state index in [2.05, 4.69) is 11.6 Å². The molecule has 1 N–H and O–H groups in total. The number of halogens is 1. The fourth-order valence-electron chi connectivity index (χ4n) is 1.97. The molecule has 2 nitrogen and oxygen atoms in total. The smallest absolute Gasteiger partial charge is 0.124 e. The minimum atomic E-state index is 0.770. The number of thioether (sulfide) groups is 1. The Labute approximate surface area is 126 Å². The van der Waals surface area contributed by atoms with Gasteiger partial charge in [0.15, 0.2) is 0 Å². The van der Waals surface area contributed by atoms with Crippen molar-refractivity contribution in [3.63, 3.8) is 0 Å². The highest BCUT2D eigenvalue weighted by molar-refractivity contribution is 7.98. The molecular formula is C15H24ClNOS. The van der Waals surface area contributed by atoms with Crippen molar-refractivity contribution in [2.75, 3.05) is 25.7 Å². The van der Waals surface area contributed by atoms with Gasteiger partial charge in [-0.3, -0.25) is 0 Å². The van der Waals surface area contributed by atoms with E-state index < -0.39 is 0 Å². The highest BCUT2D eigenvalue weighted by Crippen LogP contribution is 2.25. The summed E-state index contributed by atoms with van der Waals surface area (Å²) in [6, 6.07) is 5.77. The average Bonchev–Trinajstić information content (AvgIpc) is 2.43. The number of ether oxygens (including phenoxy) is 1. The third kappa shape index (κ3) is 6.55. The van der Waals surface area contributed by atoms with Gasteiger partial charge in [0.2, 0.25) is 0 Å². The zero-order valence-electron chi connectivity index (χ0n) is 11.9. The van der Waals surface area contributed by atoms with Crippen molar-refractivity contribution in [3.05, 3.63) is 28.8 Å². The predicted molar refractivity (Wildman–Crippen MR) is 86.6 cm³/mol. The van der Waals surface area contributed by atoms with E-state index in [4.69, 9.17) is 16.3 Å². The first-order valence-corrected chi connectivity index (χ1v) is 8.57. The number of unbranched alkanes of at least 4 members (excludes halogenated alkanes) is 3. The van der Waals surface area contributed by atoms with Crippen LogP contribution in [0.15, 0.2) is 18.2 Å². The molecule has 0 amide bonds. The second-order valence-corrected chi connectivity index (χ2v) is 5.90. The predicted octanol–water partition coefficient (Wildman–Crippen LogP) is 4.36. The Morgan fingerprint density at radius 1 is 1.21 bits per heavy atom. The zero-order chi connectivity index (χ0) is 13.9. The Bertz CT molecular complexity index is 360. The van der Waals surface area contributed by atoms with Crippen LogP contribution < -0.4 is 10.1 Å². The topological polar surface area (TPSA) is 21.3 Å². The summed E-state index contributed by atoms with van der Waals surface area (Å²) in [5.41, 5.74) is 1.05. The van der Waals surface area contributed by atoms with Crippen molar-refractivity contribution >= 4 is 23.4 Å². The summed E-state index contributed by atoms with van der Waals surface area (Å²) in [7, 11) is 1.68. The third-order valence-electron chi connectivity index (χ3n) is 3.05. The number of methoxy groups -OCH3 is 1. The maximum absolute atomic E-state index is 6.18. The first-order valence-electron chi connectivity index (χ1n) is 6.80. The van der Waals surface area contributed by atoms with Gasteiger partial charge >= 0.3 is 0 Å². The molecule has 0 atom stereocenters. The summed E-state index contributed by atoms with van der Waals surface area (Å²) in [6.07, 6.45) is 7.35. The lowest BCUT2D eigenvalue weighted by Crippen LogP contribution is -2.15. The van der Waals surface area contributed by atoms with Gasteiger partial charge in [-0.2, -0.15) is 11.8 Å². The molecule has 0 aliphatic heterocycles. The molecule has 1 rings (SSSR count). The molecular weight excluding hydrogens is 278 g/mol. The van der Waals surface area contributed by atoms with Gasteiger partial charge in [0.1, 0.15) is 5.75 Å². The maximum Gasteiger partial charge on any atom is 0.124 e. The number of rotatable bonds is 10. The molecule has 1 aromatic rings. The van der Waals surface area contributed by atoms with E-state index in [1.165, 1.54) is 31.4 Å². The van der Waals surface area contributed by atoms with Gasteiger partial charge in [-0.15, -0.1) is 0 Å². The van der Waals surface area contributed by atoms with Crippen LogP contribution in [-0.4, -0.2) is 25.7 Å². The molecule has 0 unspecified atom stereocenters. The highest BCUT2D eigenvalue weighted by Gasteiger charge is 2.06. The standard InChI is InChI=1S/C15H24ClNOS/c1-18-15-9-7-8-14(16)13(15)12-17-10-5-3-4-6-11-19-2/h7-9,17H,3-6,10-12H2,1-2H3. The van der Waals surface area contributed by atoms with E-state index in [1.54, 1.807) is 7.11 Å². The van der Waals surface area contributed by atoms with Crippen molar-refractivity contribution in [1.29, 1.82) is 0 Å². The molecule has 0 radical (unpaired) electrons. The monoisotopic (exact) mass is 301 g/mol. The summed E-state index contributed by atoms with van der Waals surface area (Å²) in [5.74, 6) is 2.14. The summed E-state index contributed by atoms with van der Waals surface area (Å²) in [5, 5.41) is 4.21. The van der Waals surface area contributed by atoms with Gasteiger partial charge in [0.05, 0.1) is 7.11 Å². The van der Waals surface area contributed by atoms with E-state index in [9.17, 15) is 0 Å². The quantitative estimate of drug-likeness (QED) is 0.649. The Morgan fingerprint density at radius 3 is 2.74 bits per heavy atom. The van der Waals surface area contributed by atoms with Crippen LogP contribution in [0.2, 0.25) is 5.02 Å². The van der Waals surface area contributed by atoms with Crippen LogP contribution in [0.3, 0.4) is 0 Å². The maximum atomic E-state index is 6.18. The minimum Gasteiger partial charge on any atom is -0.496 e. The van der Waals surface area contributed by atoms with E-state index in [0.29, 0.717) is 0 Å². The Kier molecular flexibility index (Phi) is 9.14. The van der Waals surface area contributed by atoms with Crippen LogP contribution in [0.5, 0.6) is 5.75 Å². The van der Waals surface area contributed by atoms with Gasteiger partial charge in [-0.25, -0.2) is 0 Å². The summed E-state index contributed by atoms with van der Waals surface area (Å²) >= 11 is 8.11. The molecule has 4 heteroatoms. The molecule has 0 spiro atoms. The second-order valence-electron chi connectivity index (χ2n) is 4.50. The highest BCUT2D eigenvalue weighted by atomic mass is 35.5. The number of benzene rings is 1. The van der Waals surface area contributed by atoms with Crippen molar-refractivity contribution in [2.45, 2.75) is 32.2 Å².